The topological polar surface area (TPSA) is 175 Å². The minimum Gasteiger partial charge on any atom is -0.479 e. The van der Waals surface area contributed by atoms with Crippen molar-refractivity contribution in [2.24, 2.45) is 0 Å². The zero-order valence-corrected chi connectivity index (χ0v) is 49.1. The molecule has 1 heterocycles. The maximum Gasteiger partial charge on any atom is 0.335 e. The lowest BCUT2D eigenvalue weighted by molar-refractivity contribution is -0.301. The van der Waals surface area contributed by atoms with Crippen LogP contribution in [-0.4, -0.2) is 89.2 Å². The monoisotopic (exact) mass is 1100 g/mol. The number of hydrogen-bond donors (Lipinski definition) is 3. The maximum absolute atomic E-state index is 13.2. The van der Waals surface area contributed by atoms with E-state index in [-0.39, 0.29) is 25.9 Å². The molecule has 12 nitrogen and oxygen atoms in total. The third kappa shape index (κ3) is 43.6. The fourth-order valence-corrected chi connectivity index (χ4v) is 8.38. The van der Waals surface area contributed by atoms with Crippen LogP contribution in [0.5, 0.6) is 0 Å². The highest BCUT2D eigenvalue weighted by Gasteiger charge is 2.50. The zero-order chi connectivity index (χ0) is 57.5. The van der Waals surface area contributed by atoms with Gasteiger partial charge in [-0.15, -0.1) is 0 Å². The van der Waals surface area contributed by atoms with E-state index >= 15 is 0 Å². The van der Waals surface area contributed by atoms with Crippen LogP contribution in [0.4, 0.5) is 0 Å². The molecule has 0 spiro atoms. The second-order valence-electron chi connectivity index (χ2n) is 20.2. The van der Waals surface area contributed by atoms with Crippen molar-refractivity contribution in [1.29, 1.82) is 0 Å². The van der Waals surface area contributed by atoms with Crippen LogP contribution in [0.3, 0.4) is 0 Å². The molecule has 0 bridgehead atoms. The largest absolute Gasteiger partial charge is 0.479 e. The van der Waals surface area contributed by atoms with Gasteiger partial charge in [-0.05, 0) is 128 Å². The van der Waals surface area contributed by atoms with Crippen molar-refractivity contribution in [1.82, 2.24) is 0 Å². The van der Waals surface area contributed by atoms with Gasteiger partial charge in [0.2, 0.25) is 0 Å². The molecule has 1 aliphatic rings. The number of ether oxygens (including phenoxy) is 5. The normalized spacial score (nSPS) is 18.7. The van der Waals surface area contributed by atoms with Gasteiger partial charge >= 0.3 is 23.9 Å². The fraction of sp³-hybridized carbons (Fsp3) is 0.642. The molecular formula is C67H106O12. The number of rotatable bonds is 50. The van der Waals surface area contributed by atoms with Crippen LogP contribution in [0, 0.1) is 0 Å². The van der Waals surface area contributed by atoms with E-state index in [1.165, 1.54) is 19.3 Å². The van der Waals surface area contributed by atoms with E-state index in [0.29, 0.717) is 19.3 Å². The van der Waals surface area contributed by atoms with Crippen molar-refractivity contribution in [3.63, 3.8) is 0 Å². The van der Waals surface area contributed by atoms with Crippen molar-refractivity contribution < 1.29 is 58.2 Å². The van der Waals surface area contributed by atoms with Crippen molar-refractivity contribution in [3.05, 3.63) is 122 Å². The Hall–Kier alpha value is -4.88. The first-order valence-corrected chi connectivity index (χ1v) is 30.5. The Morgan fingerprint density at radius 1 is 0.430 bits per heavy atom. The fourth-order valence-electron chi connectivity index (χ4n) is 8.38. The van der Waals surface area contributed by atoms with Crippen LogP contribution in [0.1, 0.15) is 226 Å². The summed E-state index contributed by atoms with van der Waals surface area (Å²) in [6.07, 6.45) is 61.6. The predicted molar refractivity (Wildman–Crippen MR) is 321 cm³/mol. The highest BCUT2D eigenvalue weighted by Crippen LogP contribution is 2.26. The standard InChI is InChI=1S/C67H106O12/c1-4-7-10-13-16-19-22-25-28-29-30-31-34-35-38-41-44-47-50-53-59(68)75-56-58(77-60(69)54-51-48-45-42-39-36-32-26-23-20-17-14-11-8-5-2)57-76-67-65(63(72)62(71)64(79-67)66(73)74)78-61(70)55-52-49-46-43-40-37-33-27-24-21-18-15-12-9-6-3/h7-8,10-11,16-21,25-28,30-33,35,38,58,62-65,67,71-72H,4-6,9,12-15,22-24,29,34,36-37,39-57H2,1-3H3,(H,73,74)/b10-7-,11-8-,19-16-,20-17-,21-18-,28-25-,31-30-,32-26-,33-27-,38-35-. The number of hydrogen-bond acceptors (Lipinski definition) is 11. The minimum atomic E-state index is -1.92. The molecule has 0 aromatic carbocycles. The second kappa shape index (κ2) is 53.7. The van der Waals surface area contributed by atoms with Crippen molar-refractivity contribution in [2.45, 2.75) is 263 Å². The number of carbonyl (C=O) groups excluding carboxylic acids is 3. The first-order chi connectivity index (χ1) is 38.6. The SMILES string of the molecule is CC/C=C\C/C=C\C/C=C\C/C=C\C/C=C\CCCCCC(=O)OCC(COC1OC(C(=O)O)C(O)C(O)C1OC(=O)CCCCCCC/C=C\C/C=C\CCCCC)OC(=O)CCCCCCC/C=C\C/C=C\C/C=C\CC. The van der Waals surface area contributed by atoms with Crippen LogP contribution in [-0.2, 0) is 42.9 Å². The first kappa shape index (κ1) is 72.1. The van der Waals surface area contributed by atoms with Crippen molar-refractivity contribution >= 4 is 23.9 Å². The molecule has 0 aliphatic carbocycles. The molecule has 446 valence electrons. The molecule has 0 aromatic heterocycles. The van der Waals surface area contributed by atoms with Crippen LogP contribution in [0.15, 0.2) is 122 Å². The smallest absolute Gasteiger partial charge is 0.335 e. The number of allylic oxidation sites excluding steroid dienone is 20. The van der Waals surface area contributed by atoms with Crippen molar-refractivity contribution in [2.75, 3.05) is 13.2 Å². The zero-order valence-electron chi connectivity index (χ0n) is 49.1. The number of carboxylic acid groups (broad SMARTS) is 1. The Balaban J connectivity index is 2.73. The van der Waals surface area contributed by atoms with Gasteiger partial charge in [0.25, 0.3) is 0 Å². The van der Waals surface area contributed by atoms with E-state index in [9.17, 15) is 34.5 Å². The van der Waals surface area contributed by atoms with E-state index in [1.807, 2.05) is 0 Å². The van der Waals surface area contributed by atoms with Crippen molar-refractivity contribution in [3.8, 4) is 0 Å². The molecule has 12 heteroatoms. The van der Waals surface area contributed by atoms with Gasteiger partial charge in [0.15, 0.2) is 24.6 Å². The maximum atomic E-state index is 13.2. The highest BCUT2D eigenvalue weighted by atomic mass is 16.7. The highest BCUT2D eigenvalue weighted by molar-refractivity contribution is 5.74. The van der Waals surface area contributed by atoms with Gasteiger partial charge in [-0.2, -0.15) is 0 Å². The molecule has 1 saturated heterocycles. The van der Waals surface area contributed by atoms with Gasteiger partial charge in [0.05, 0.1) is 6.61 Å². The van der Waals surface area contributed by atoms with Crippen LogP contribution < -0.4 is 0 Å². The average molecular weight is 1100 g/mol. The molecule has 0 aromatic rings. The van der Waals surface area contributed by atoms with Crippen LogP contribution in [0.25, 0.3) is 0 Å². The molecule has 79 heavy (non-hydrogen) atoms. The summed E-state index contributed by atoms with van der Waals surface area (Å²) in [5.74, 6) is -3.22. The summed E-state index contributed by atoms with van der Waals surface area (Å²) in [5, 5.41) is 31.5. The number of aliphatic hydroxyl groups is 2. The summed E-state index contributed by atoms with van der Waals surface area (Å²) in [4.78, 5) is 51.2. The molecule has 1 rings (SSSR count). The van der Waals surface area contributed by atoms with Gasteiger partial charge in [0, 0.05) is 19.3 Å². The number of esters is 3. The second-order valence-corrected chi connectivity index (χ2v) is 20.2. The van der Waals surface area contributed by atoms with Gasteiger partial charge in [-0.3, -0.25) is 14.4 Å². The summed E-state index contributed by atoms with van der Waals surface area (Å²) in [7, 11) is 0. The number of carbonyl (C=O) groups is 4. The predicted octanol–water partition coefficient (Wildman–Crippen LogP) is 16.0. The summed E-state index contributed by atoms with van der Waals surface area (Å²) in [5.41, 5.74) is 0. The van der Waals surface area contributed by atoms with E-state index in [2.05, 4.69) is 142 Å². The average Bonchev–Trinajstić information content (AvgIpc) is 3.46. The van der Waals surface area contributed by atoms with E-state index < -0.39 is 67.3 Å². The number of carboxylic acids is 1. The van der Waals surface area contributed by atoms with E-state index in [0.717, 1.165) is 148 Å². The quantitative estimate of drug-likeness (QED) is 0.0228. The summed E-state index contributed by atoms with van der Waals surface area (Å²) in [6, 6.07) is 0. The molecule has 1 aliphatic heterocycles. The summed E-state index contributed by atoms with van der Waals surface area (Å²) >= 11 is 0. The molecule has 6 atom stereocenters. The Labute approximate surface area is 478 Å². The Bertz CT molecular complexity index is 1840. The lowest BCUT2D eigenvalue weighted by Crippen LogP contribution is -2.61. The van der Waals surface area contributed by atoms with Gasteiger partial charge < -0.3 is 39.0 Å². The number of aliphatic hydroxyl groups excluding tert-OH is 2. The number of unbranched alkanes of at least 4 members (excludes halogenated alkanes) is 16. The number of aliphatic carboxylic acids is 1. The van der Waals surface area contributed by atoms with E-state index in [4.69, 9.17) is 23.7 Å². The molecule has 0 saturated carbocycles. The molecule has 6 unspecified atom stereocenters. The molecule has 1 fully saturated rings. The molecular weight excluding hydrogens is 997 g/mol. The van der Waals surface area contributed by atoms with Gasteiger partial charge in [0.1, 0.15) is 18.8 Å². The minimum absolute atomic E-state index is 0.0327. The third-order valence-electron chi connectivity index (χ3n) is 13.0. The summed E-state index contributed by atoms with van der Waals surface area (Å²) in [6.45, 7) is 5.68. The Kier molecular flexibility index (Phi) is 49.1. The lowest BCUT2D eigenvalue weighted by Gasteiger charge is -2.40. The molecule has 0 amide bonds. The summed E-state index contributed by atoms with van der Waals surface area (Å²) < 4.78 is 28.4. The Morgan fingerprint density at radius 3 is 1.23 bits per heavy atom. The van der Waals surface area contributed by atoms with Crippen LogP contribution in [0.2, 0.25) is 0 Å². The Morgan fingerprint density at radius 2 is 0.797 bits per heavy atom. The molecule has 0 radical (unpaired) electrons. The van der Waals surface area contributed by atoms with E-state index in [1.54, 1.807) is 0 Å². The van der Waals surface area contributed by atoms with Gasteiger partial charge in [-0.25, -0.2) is 4.79 Å². The first-order valence-electron chi connectivity index (χ1n) is 30.5. The van der Waals surface area contributed by atoms with Crippen LogP contribution >= 0.6 is 0 Å². The van der Waals surface area contributed by atoms with Gasteiger partial charge in [-0.1, -0.05) is 200 Å². The molecule has 3 N–H and O–H groups in total. The lowest BCUT2D eigenvalue weighted by atomic mass is 9.98. The third-order valence-corrected chi connectivity index (χ3v) is 13.0.